The highest BCUT2D eigenvalue weighted by atomic mass is 127. The lowest BCUT2D eigenvalue weighted by molar-refractivity contribution is -0.119. The molecule has 0 N–H and O–H groups in total. The predicted octanol–water partition coefficient (Wildman–Crippen LogP) is 7.97. The number of Topliss-reactive ketones (excluding diaryl/α,β-unsaturated/α-hetero) is 2. The molecule has 0 bridgehead atoms. The van der Waals surface area contributed by atoms with Crippen LogP contribution in [0.3, 0.4) is 0 Å². The van der Waals surface area contributed by atoms with Crippen LogP contribution in [-0.2, 0) is 20.9 Å². The zero-order chi connectivity index (χ0) is 30.4. The molecule has 0 fully saturated rings. The number of allylic oxidation sites excluding steroid dienone is 4. The summed E-state index contributed by atoms with van der Waals surface area (Å²) < 4.78 is 19.5. The highest BCUT2D eigenvalue weighted by Crippen LogP contribution is 2.55. The van der Waals surface area contributed by atoms with E-state index in [0.29, 0.717) is 44.1 Å². The second-order valence-electron chi connectivity index (χ2n) is 13.1. The van der Waals surface area contributed by atoms with Crippen LogP contribution in [0.15, 0.2) is 63.4 Å². The summed E-state index contributed by atoms with van der Waals surface area (Å²) in [5.74, 6) is 1.03. The molecule has 0 amide bonds. The number of methoxy groups -OCH3 is 2. The fourth-order valence-corrected chi connectivity index (χ4v) is 7.66. The maximum Gasteiger partial charge on any atom is 0.174 e. The van der Waals surface area contributed by atoms with Gasteiger partial charge in [-0.1, -0.05) is 55.8 Å². The second kappa shape index (κ2) is 12.1. The van der Waals surface area contributed by atoms with Crippen LogP contribution in [-0.4, -0.2) is 43.8 Å². The Morgan fingerprint density at radius 2 is 1.48 bits per heavy atom. The first-order valence-electron chi connectivity index (χ1n) is 14.4. The van der Waals surface area contributed by atoms with Gasteiger partial charge in [-0.05, 0) is 81.7 Å². The van der Waals surface area contributed by atoms with Gasteiger partial charge in [0.15, 0.2) is 23.1 Å². The van der Waals surface area contributed by atoms with Gasteiger partial charge in [-0.2, -0.15) is 0 Å². The van der Waals surface area contributed by atoms with E-state index in [1.165, 1.54) is 0 Å². The van der Waals surface area contributed by atoms with Crippen LogP contribution in [0.4, 0.5) is 0 Å². The minimum atomic E-state index is -0.441. The summed E-state index contributed by atoms with van der Waals surface area (Å²) in [7, 11) is 3.32. The highest BCUT2D eigenvalue weighted by Gasteiger charge is 2.49. The minimum absolute atomic E-state index is 0.113. The van der Waals surface area contributed by atoms with Crippen molar-refractivity contribution >= 4 is 50.1 Å². The first kappa shape index (κ1) is 31.3. The van der Waals surface area contributed by atoms with Gasteiger partial charge in [0.1, 0.15) is 6.61 Å². The van der Waals surface area contributed by atoms with E-state index in [0.717, 1.165) is 54.6 Å². The van der Waals surface area contributed by atoms with Crippen LogP contribution in [0.2, 0.25) is 0 Å². The van der Waals surface area contributed by atoms with Crippen molar-refractivity contribution in [3.05, 3.63) is 78.1 Å². The van der Waals surface area contributed by atoms with E-state index < -0.39 is 5.92 Å². The van der Waals surface area contributed by atoms with Crippen molar-refractivity contribution in [1.29, 1.82) is 0 Å². The maximum atomic E-state index is 14.0. The van der Waals surface area contributed by atoms with E-state index in [2.05, 4.69) is 77.2 Å². The average Bonchev–Trinajstić information content (AvgIpc) is 2.90. The predicted molar refractivity (Wildman–Crippen MR) is 176 cm³/mol. The number of carbonyl (C=O) groups excluding carboxylic acids is 2. The molecule has 8 heteroatoms. The number of carbonyl (C=O) groups is 2. The van der Waals surface area contributed by atoms with Crippen LogP contribution in [0.5, 0.6) is 11.5 Å². The van der Waals surface area contributed by atoms with Crippen LogP contribution in [0, 0.1) is 14.4 Å². The van der Waals surface area contributed by atoms with Gasteiger partial charge in [-0.3, -0.25) is 9.59 Å². The number of nitrogens with zero attached hydrogens (tertiary/aromatic N) is 1. The summed E-state index contributed by atoms with van der Waals surface area (Å²) in [6.07, 6.45) is 2.43. The average molecular weight is 748 g/mol. The van der Waals surface area contributed by atoms with Gasteiger partial charge in [-0.15, -0.1) is 0 Å². The topological polar surface area (TPSA) is 65.1 Å². The van der Waals surface area contributed by atoms with E-state index >= 15 is 0 Å². The molecule has 2 aromatic rings. The Kier molecular flexibility index (Phi) is 8.99. The first-order chi connectivity index (χ1) is 19.8. The molecule has 5 rings (SSSR count). The molecule has 0 unspecified atom stereocenters. The van der Waals surface area contributed by atoms with Gasteiger partial charge >= 0.3 is 0 Å². The molecule has 2 aromatic carbocycles. The van der Waals surface area contributed by atoms with E-state index in [-0.39, 0.29) is 22.4 Å². The molecule has 0 radical (unpaired) electrons. The summed E-state index contributed by atoms with van der Waals surface area (Å²) in [6, 6.07) is 12.0. The Morgan fingerprint density at radius 3 is 2.00 bits per heavy atom. The number of rotatable bonds is 8. The zero-order valence-electron chi connectivity index (χ0n) is 25.2. The molecule has 42 heavy (non-hydrogen) atoms. The Bertz CT molecular complexity index is 1420. The van der Waals surface area contributed by atoms with Gasteiger partial charge in [0.05, 0.1) is 17.3 Å². The van der Waals surface area contributed by atoms with Gasteiger partial charge in [-0.25, -0.2) is 0 Å². The highest BCUT2D eigenvalue weighted by molar-refractivity contribution is 14.1. The molecule has 1 aliphatic heterocycles. The standard InChI is InChI=1S/C34H39BrINO5/c1-33(2)15-24-30(26(38)17-33)29(31-25(37(24)11-12-40-5)16-34(3,4)18-27(31)39)21-13-23(36)32(28(14-21)41-6)42-19-20-7-9-22(35)10-8-20/h7-10,13-14,29H,11-12,15-19H2,1-6H3. The summed E-state index contributed by atoms with van der Waals surface area (Å²) >= 11 is 5.76. The third-order valence-electron chi connectivity index (χ3n) is 8.42. The molecule has 2 aliphatic carbocycles. The number of halogens is 2. The molecule has 1 heterocycles. The lowest BCUT2D eigenvalue weighted by Crippen LogP contribution is -2.45. The van der Waals surface area contributed by atoms with Crippen molar-refractivity contribution in [2.24, 2.45) is 10.8 Å². The monoisotopic (exact) mass is 747 g/mol. The Balaban J connectivity index is 1.65. The molecule has 0 spiro atoms. The third-order valence-corrected chi connectivity index (χ3v) is 9.75. The largest absolute Gasteiger partial charge is 0.493 e. The second-order valence-corrected chi connectivity index (χ2v) is 15.2. The van der Waals surface area contributed by atoms with Crippen LogP contribution < -0.4 is 9.47 Å². The van der Waals surface area contributed by atoms with Gasteiger partial charge in [0.2, 0.25) is 0 Å². The number of hydrogen-bond donors (Lipinski definition) is 0. The molecule has 0 saturated heterocycles. The lowest BCUT2D eigenvalue weighted by atomic mass is 9.63. The van der Waals surface area contributed by atoms with E-state index in [9.17, 15) is 9.59 Å². The van der Waals surface area contributed by atoms with E-state index in [4.69, 9.17) is 14.2 Å². The Morgan fingerprint density at radius 1 is 0.905 bits per heavy atom. The molecular weight excluding hydrogens is 709 g/mol. The van der Waals surface area contributed by atoms with Crippen LogP contribution in [0.1, 0.15) is 70.4 Å². The molecule has 0 atom stereocenters. The van der Waals surface area contributed by atoms with Crippen molar-refractivity contribution in [3.8, 4) is 11.5 Å². The van der Waals surface area contributed by atoms with Crippen molar-refractivity contribution in [3.63, 3.8) is 0 Å². The molecule has 0 saturated carbocycles. The summed E-state index contributed by atoms with van der Waals surface area (Å²) in [5.41, 5.74) is 5.15. The molecular formula is C34H39BrINO5. The van der Waals surface area contributed by atoms with Gasteiger partial charge in [0.25, 0.3) is 0 Å². The fraction of sp³-hybridized carbons (Fsp3) is 0.471. The quantitative estimate of drug-likeness (QED) is 0.256. The fourth-order valence-electron chi connectivity index (χ4n) is 6.62. The summed E-state index contributed by atoms with van der Waals surface area (Å²) in [4.78, 5) is 30.3. The number of ketones is 2. The number of benzene rings is 2. The van der Waals surface area contributed by atoms with E-state index in [1.807, 2.05) is 30.3 Å². The summed E-state index contributed by atoms with van der Waals surface area (Å²) in [5, 5.41) is 0. The number of hydrogen-bond acceptors (Lipinski definition) is 6. The van der Waals surface area contributed by atoms with Gasteiger partial charge in [0, 0.05) is 59.4 Å². The van der Waals surface area contributed by atoms with Crippen LogP contribution in [0.25, 0.3) is 0 Å². The van der Waals surface area contributed by atoms with Crippen molar-refractivity contribution in [1.82, 2.24) is 4.90 Å². The van der Waals surface area contributed by atoms with Crippen molar-refractivity contribution in [2.45, 2.75) is 65.9 Å². The normalized spacial score (nSPS) is 20.0. The van der Waals surface area contributed by atoms with Crippen molar-refractivity contribution < 1.29 is 23.8 Å². The number of ether oxygens (including phenoxy) is 3. The third kappa shape index (κ3) is 6.22. The SMILES string of the molecule is COCCN1C2=C(C(=O)CC(C)(C)C2)C(c2cc(I)c(OCc3ccc(Br)cc3)c(OC)c2)C2=C1CC(C)(C)CC2=O. The minimum Gasteiger partial charge on any atom is -0.493 e. The van der Waals surface area contributed by atoms with Crippen LogP contribution >= 0.6 is 38.5 Å². The first-order valence-corrected chi connectivity index (χ1v) is 16.2. The molecule has 3 aliphatic rings. The zero-order valence-corrected chi connectivity index (χ0v) is 29.0. The van der Waals surface area contributed by atoms with E-state index in [1.54, 1.807) is 14.2 Å². The Hall–Kier alpha value is -2.17. The maximum absolute atomic E-state index is 14.0. The van der Waals surface area contributed by atoms with Gasteiger partial charge < -0.3 is 19.1 Å². The molecule has 6 nitrogen and oxygen atoms in total. The smallest absolute Gasteiger partial charge is 0.174 e. The Labute approximate surface area is 271 Å². The lowest BCUT2D eigenvalue weighted by Gasteiger charge is -2.49. The summed E-state index contributed by atoms with van der Waals surface area (Å²) in [6.45, 7) is 10.1. The molecule has 224 valence electrons. The molecule has 0 aromatic heterocycles. The van der Waals surface area contributed by atoms with Crippen molar-refractivity contribution in [2.75, 3.05) is 27.4 Å².